The van der Waals surface area contributed by atoms with Gasteiger partial charge in [0.15, 0.2) is 0 Å². The highest BCUT2D eigenvalue weighted by Gasteiger charge is 2.32. The number of nitrogens with one attached hydrogen (secondary N) is 1. The number of carbonyl (C=O) groups is 2. The largest absolute Gasteiger partial charge is 0.496 e. The number of hydrogen-bond donors (Lipinski definition) is 1. The Morgan fingerprint density at radius 1 is 1.08 bits per heavy atom. The van der Waals surface area contributed by atoms with Gasteiger partial charge in [0.05, 0.1) is 25.2 Å². The van der Waals surface area contributed by atoms with Crippen LogP contribution in [0.5, 0.6) is 5.75 Å². The molecule has 3 rings (SSSR count). The van der Waals surface area contributed by atoms with Crippen molar-refractivity contribution in [1.29, 1.82) is 0 Å². The number of esters is 1. The van der Waals surface area contributed by atoms with E-state index in [-0.39, 0.29) is 25.7 Å². The van der Waals surface area contributed by atoms with Crippen molar-refractivity contribution in [2.75, 3.05) is 26.8 Å². The average molecular weight is 545 g/mol. The van der Waals surface area contributed by atoms with Crippen LogP contribution in [-0.2, 0) is 22.3 Å². The number of ether oxygens (including phenoxy) is 2. The number of urea groups is 1. The topological polar surface area (TPSA) is 67.9 Å². The molecule has 0 bridgehead atoms. The van der Waals surface area contributed by atoms with Gasteiger partial charge in [0, 0.05) is 25.2 Å². The van der Waals surface area contributed by atoms with Crippen molar-refractivity contribution in [3.8, 4) is 16.9 Å². The highest BCUT2D eigenvalue weighted by molar-refractivity contribution is 5.81. The molecule has 9 heteroatoms. The van der Waals surface area contributed by atoms with Crippen LogP contribution in [-0.4, -0.2) is 43.7 Å². The summed E-state index contributed by atoms with van der Waals surface area (Å²) in [6, 6.07) is 8.22. The van der Waals surface area contributed by atoms with E-state index in [1.165, 1.54) is 18.1 Å². The van der Waals surface area contributed by atoms with Gasteiger partial charge in [0.2, 0.25) is 0 Å². The number of hydrogen-bond acceptors (Lipinski definition) is 4. The van der Waals surface area contributed by atoms with Crippen molar-refractivity contribution in [3.05, 3.63) is 76.9 Å². The van der Waals surface area contributed by atoms with Gasteiger partial charge in [-0.15, -0.1) is 0 Å². The normalized spacial score (nSPS) is 13.9. The SMILES string of the molecule is CCOC(=O)C(C)c1ccc(OC)c(-c2ccc(C(F)(F)F)cc2CN(CC)C(=O)NCC2=CCCC=C2)c1. The zero-order valence-corrected chi connectivity index (χ0v) is 22.7. The van der Waals surface area contributed by atoms with E-state index in [2.05, 4.69) is 11.4 Å². The van der Waals surface area contributed by atoms with Crippen LogP contribution < -0.4 is 10.1 Å². The van der Waals surface area contributed by atoms with E-state index in [0.717, 1.165) is 30.5 Å². The highest BCUT2D eigenvalue weighted by Crippen LogP contribution is 2.39. The molecule has 0 radical (unpaired) electrons. The highest BCUT2D eigenvalue weighted by atomic mass is 19.4. The Bertz CT molecular complexity index is 1240. The van der Waals surface area contributed by atoms with Crippen molar-refractivity contribution < 1.29 is 32.2 Å². The third kappa shape index (κ3) is 7.65. The van der Waals surface area contributed by atoms with Crippen LogP contribution in [0.1, 0.15) is 56.2 Å². The molecule has 0 saturated heterocycles. The number of amides is 2. The van der Waals surface area contributed by atoms with Crippen molar-refractivity contribution in [2.24, 2.45) is 0 Å². The molecule has 2 amide bonds. The molecule has 1 atom stereocenters. The van der Waals surface area contributed by atoms with E-state index < -0.39 is 23.6 Å². The lowest BCUT2D eigenvalue weighted by atomic mass is 9.92. The van der Waals surface area contributed by atoms with E-state index in [0.29, 0.717) is 34.5 Å². The maximum Gasteiger partial charge on any atom is 0.416 e. The van der Waals surface area contributed by atoms with Gasteiger partial charge in [-0.25, -0.2) is 4.79 Å². The summed E-state index contributed by atoms with van der Waals surface area (Å²) in [6.07, 6.45) is 3.36. The summed E-state index contributed by atoms with van der Waals surface area (Å²) in [4.78, 5) is 26.8. The van der Waals surface area contributed by atoms with Crippen LogP contribution in [0.4, 0.5) is 18.0 Å². The summed E-state index contributed by atoms with van der Waals surface area (Å²) >= 11 is 0. The molecule has 1 unspecified atom stereocenters. The Hall–Kier alpha value is -3.75. The fourth-order valence-corrected chi connectivity index (χ4v) is 4.39. The number of methoxy groups -OCH3 is 1. The summed E-state index contributed by atoms with van der Waals surface area (Å²) < 4.78 is 51.8. The minimum Gasteiger partial charge on any atom is -0.496 e. The van der Waals surface area contributed by atoms with Crippen molar-refractivity contribution in [1.82, 2.24) is 10.2 Å². The summed E-state index contributed by atoms with van der Waals surface area (Å²) in [7, 11) is 1.47. The molecule has 0 spiro atoms. The molecular formula is C30H35F3N2O4. The van der Waals surface area contributed by atoms with Gasteiger partial charge in [0.25, 0.3) is 0 Å². The van der Waals surface area contributed by atoms with E-state index in [1.807, 2.05) is 12.2 Å². The van der Waals surface area contributed by atoms with Crippen LogP contribution in [0.15, 0.2) is 60.2 Å². The summed E-state index contributed by atoms with van der Waals surface area (Å²) in [5.41, 5.74) is 2.10. The van der Waals surface area contributed by atoms with Gasteiger partial charge in [-0.1, -0.05) is 30.4 Å². The number of halogens is 3. The van der Waals surface area contributed by atoms with E-state index in [9.17, 15) is 22.8 Å². The van der Waals surface area contributed by atoms with Gasteiger partial charge in [-0.05, 0) is 80.1 Å². The van der Waals surface area contributed by atoms with Crippen LogP contribution in [0, 0.1) is 0 Å². The lowest BCUT2D eigenvalue weighted by Gasteiger charge is -2.25. The Balaban J connectivity index is 2.00. The molecule has 1 N–H and O–H groups in total. The molecule has 1 aliphatic rings. The molecule has 0 aliphatic heterocycles. The van der Waals surface area contributed by atoms with Crippen LogP contribution >= 0.6 is 0 Å². The van der Waals surface area contributed by atoms with Crippen LogP contribution in [0.3, 0.4) is 0 Å². The van der Waals surface area contributed by atoms with E-state index in [4.69, 9.17) is 9.47 Å². The monoisotopic (exact) mass is 544 g/mol. The average Bonchev–Trinajstić information content (AvgIpc) is 2.94. The smallest absolute Gasteiger partial charge is 0.416 e. The predicted molar refractivity (Wildman–Crippen MR) is 144 cm³/mol. The number of benzene rings is 2. The molecule has 2 aromatic carbocycles. The predicted octanol–water partition coefficient (Wildman–Crippen LogP) is 6.86. The molecule has 0 fully saturated rings. The molecule has 210 valence electrons. The van der Waals surface area contributed by atoms with Crippen molar-refractivity contribution in [3.63, 3.8) is 0 Å². The lowest BCUT2D eigenvalue weighted by Crippen LogP contribution is -2.40. The Morgan fingerprint density at radius 3 is 2.46 bits per heavy atom. The second-order valence-electron chi connectivity index (χ2n) is 9.23. The van der Waals surface area contributed by atoms with Gasteiger partial charge < -0.3 is 19.7 Å². The Labute approximate surface area is 227 Å². The molecule has 39 heavy (non-hydrogen) atoms. The number of alkyl halides is 3. The zero-order chi connectivity index (χ0) is 28.6. The zero-order valence-electron chi connectivity index (χ0n) is 22.7. The van der Waals surface area contributed by atoms with E-state index in [1.54, 1.807) is 39.0 Å². The first-order chi connectivity index (χ1) is 18.6. The summed E-state index contributed by atoms with van der Waals surface area (Å²) in [6.45, 7) is 5.99. The standard InChI is InChI=1S/C30H35F3N2O4/c1-5-35(29(37)34-18-21-10-8-7-9-11-21)19-23-16-24(30(31,32)33)13-14-25(23)26-17-22(12-15-27(26)38-4)20(3)28(36)39-6-2/h8,10-17,20H,5-7,9,18-19H2,1-4H3,(H,34,37). The Kier molecular flexibility index (Phi) is 10.2. The quantitative estimate of drug-likeness (QED) is 0.332. The molecule has 2 aromatic rings. The van der Waals surface area contributed by atoms with E-state index >= 15 is 0 Å². The first-order valence-electron chi connectivity index (χ1n) is 13.0. The maximum atomic E-state index is 13.7. The second kappa shape index (κ2) is 13.4. The molecule has 0 aromatic heterocycles. The molecule has 6 nitrogen and oxygen atoms in total. The molecule has 0 heterocycles. The fraction of sp³-hybridized carbons (Fsp3) is 0.400. The molecule has 0 saturated carbocycles. The third-order valence-electron chi connectivity index (χ3n) is 6.63. The first kappa shape index (κ1) is 29.8. The van der Waals surface area contributed by atoms with Crippen molar-refractivity contribution >= 4 is 12.0 Å². The van der Waals surface area contributed by atoms with Crippen LogP contribution in [0.2, 0.25) is 0 Å². The van der Waals surface area contributed by atoms with Crippen molar-refractivity contribution in [2.45, 2.75) is 52.3 Å². The number of rotatable bonds is 10. The minimum absolute atomic E-state index is 0.0582. The van der Waals surface area contributed by atoms with Gasteiger partial charge >= 0.3 is 18.2 Å². The number of allylic oxidation sites excluding steroid dienone is 2. The second-order valence-corrected chi connectivity index (χ2v) is 9.23. The van der Waals surface area contributed by atoms with Gasteiger partial charge in [-0.2, -0.15) is 13.2 Å². The van der Waals surface area contributed by atoms with Crippen LogP contribution in [0.25, 0.3) is 11.1 Å². The third-order valence-corrected chi connectivity index (χ3v) is 6.63. The van der Waals surface area contributed by atoms with Gasteiger partial charge in [0.1, 0.15) is 5.75 Å². The summed E-state index contributed by atoms with van der Waals surface area (Å²) in [5, 5.41) is 2.87. The molecule has 1 aliphatic carbocycles. The maximum absolute atomic E-state index is 13.7. The number of nitrogens with zero attached hydrogens (tertiary/aromatic N) is 1. The summed E-state index contributed by atoms with van der Waals surface area (Å²) in [5.74, 6) is -0.564. The lowest BCUT2D eigenvalue weighted by molar-refractivity contribution is -0.144. The number of carbonyl (C=O) groups excluding carboxylic acids is 2. The molecular weight excluding hydrogens is 509 g/mol. The fourth-order valence-electron chi connectivity index (χ4n) is 4.39. The Morgan fingerprint density at radius 2 is 1.85 bits per heavy atom. The minimum atomic E-state index is -4.56. The van der Waals surface area contributed by atoms with Gasteiger partial charge in [-0.3, -0.25) is 4.79 Å². The first-order valence-corrected chi connectivity index (χ1v) is 13.0.